The lowest BCUT2D eigenvalue weighted by Crippen LogP contribution is -2.55. The molecule has 0 radical (unpaired) electrons. The third kappa shape index (κ3) is 4.30. The van der Waals surface area contributed by atoms with Crippen molar-refractivity contribution in [1.82, 2.24) is 9.80 Å². The Kier molecular flexibility index (Phi) is 8.31. The standard InChI is InChI=1S/C18H25ClFN3O2.ClH/c1-3-18(4-2,12-21)17(25)23-10-8-22(9-11-23)16(24)15-13(19)6-5-7-14(15)20;/h5-7H,3-4,8-12,21H2,1-2H3;1H. The van der Waals surface area contributed by atoms with Crippen molar-refractivity contribution >= 4 is 35.8 Å². The number of amides is 2. The average Bonchev–Trinajstić information content (AvgIpc) is 2.63. The second kappa shape index (κ2) is 9.53. The zero-order valence-electron chi connectivity index (χ0n) is 15.1. The number of halogens is 3. The summed E-state index contributed by atoms with van der Waals surface area (Å²) >= 11 is 5.97. The largest absolute Gasteiger partial charge is 0.339 e. The first-order chi connectivity index (χ1) is 11.9. The highest BCUT2D eigenvalue weighted by atomic mass is 35.5. The lowest BCUT2D eigenvalue weighted by Gasteiger charge is -2.40. The molecule has 0 atom stereocenters. The zero-order valence-corrected chi connectivity index (χ0v) is 16.7. The fourth-order valence-electron chi connectivity index (χ4n) is 3.24. The molecule has 1 aliphatic rings. The Labute approximate surface area is 165 Å². The molecule has 2 rings (SSSR count). The molecule has 1 saturated heterocycles. The van der Waals surface area contributed by atoms with Crippen molar-refractivity contribution in [3.63, 3.8) is 0 Å². The van der Waals surface area contributed by atoms with E-state index in [1.54, 1.807) is 4.90 Å². The molecular formula is C18H26Cl2FN3O2. The Morgan fingerprint density at radius 3 is 2.15 bits per heavy atom. The predicted molar refractivity (Wildman–Crippen MR) is 103 cm³/mol. The van der Waals surface area contributed by atoms with Gasteiger partial charge in [0, 0.05) is 32.7 Å². The van der Waals surface area contributed by atoms with Crippen LogP contribution in [0.4, 0.5) is 4.39 Å². The summed E-state index contributed by atoms with van der Waals surface area (Å²) < 4.78 is 13.9. The maximum absolute atomic E-state index is 13.9. The Bertz CT molecular complexity index is 617. The van der Waals surface area contributed by atoms with E-state index in [4.69, 9.17) is 17.3 Å². The summed E-state index contributed by atoms with van der Waals surface area (Å²) in [4.78, 5) is 28.7. The number of carbonyl (C=O) groups is 2. The van der Waals surface area contributed by atoms with Crippen LogP contribution in [-0.2, 0) is 4.79 Å². The van der Waals surface area contributed by atoms with Crippen molar-refractivity contribution in [1.29, 1.82) is 0 Å². The first-order valence-electron chi connectivity index (χ1n) is 8.63. The van der Waals surface area contributed by atoms with E-state index in [9.17, 15) is 14.0 Å². The lowest BCUT2D eigenvalue weighted by molar-refractivity contribution is -0.143. The van der Waals surface area contributed by atoms with Crippen molar-refractivity contribution in [2.45, 2.75) is 26.7 Å². The van der Waals surface area contributed by atoms with Gasteiger partial charge in [0.25, 0.3) is 5.91 Å². The first-order valence-corrected chi connectivity index (χ1v) is 9.00. The van der Waals surface area contributed by atoms with Gasteiger partial charge in [-0.3, -0.25) is 9.59 Å². The molecular weight excluding hydrogens is 380 g/mol. The fraction of sp³-hybridized carbons (Fsp3) is 0.556. The second-order valence-corrected chi connectivity index (χ2v) is 6.78. The molecule has 0 saturated carbocycles. The predicted octanol–water partition coefficient (Wildman–Crippen LogP) is 2.95. The highest BCUT2D eigenvalue weighted by molar-refractivity contribution is 6.33. The van der Waals surface area contributed by atoms with E-state index in [1.807, 2.05) is 13.8 Å². The summed E-state index contributed by atoms with van der Waals surface area (Å²) in [5, 5.41) is 0.0996. The van der Waals surface area contributed by atoms with Crippen LogP contribution >= 0.6 is 24.0 Å². The summed E-state index contributed by atoms with van der Waals surface area (Å²) in [5.41, 5.74) is 5.20. The first kappa shape index (κ1) is 22.7. The summed E-state index contributed by atoms with van der Waals surface area (Å²) in [7, 11) is 0. The smallest absolute Gasteiger partial charge is 0.258 e. The Balaban J connectivity index is 0.00000338. The highest BCUT2D eigenvalue weighted by Gasteiger charge is 2.38. The van der Waals surface area contributed by atoms with Gasteiger partial charge in [-0.25, -0.2) is 4.39 Å². The molecule has 1 heterocycles. The maximum atomic E-state index is 13.9. The van der Waals surface area contributed by atoms with Crippen LogP contribution in [0.1, 0.15) is 37.0 Å². The molecule has 8 heteroatoms. The van der Waals surface area contributed by atoms with Gasteiger partial charge in [-0.05, 0) is 25.0 Å². The van der Waals surface area contributed by atoms with Gasteiger partial charge in [0.2, 0.25) is 5.91 Å². The highest BCUT2D eigenvalue weighted by Crippen LogP contribution is 2.28. The van der Waals surface area contributed by atoms with Crippen molar-refractivity contribution in [2.75, 3.05) is 32.7 Å². The number of rotatable bonds is 5. The second-order valence-electron chi connectivity index (χ2n) is 6.37. The van der Waals surface area contributed by atoms with Crippen LogP contribution < -0.4 is 5.73 Å². The third-order valence-corrected chi connectivity index (χ3v) is 5.54. The number of carbonyl (C=O) groups excluding carboxylic acids is 2. The number of hydrogen-bond donors (Lipinski definition) is 1. The SMILES string of the molecule is CCC(CC)(CN)C(=O)N1CCN(C(=O)c2c(F)cccc2Cl)CC1.Cl. The molecule has 26 heavy (non-hydrogen) atoms. The molecule has 0 spiro atoms. The number of nitrogens with two attached hydrogens (primary N) is 1. The van der Waals surface area contributed by atoms with Crippen LogP contribution in [0.3, 0.4) is 0 Å². The Morgan fingerprint density at radius 2 is 1.69 bits per heavy atom. The minimum atomic E-state index is -0.630. The van der Waals surface area contributed by atoms with Gasteiger partial charge in [0.15, 0.2) is 0 Å². The molecule has 1 aliphatic heterocycles. The van der Waals surface area contributed by atoms with Gasteiger partial charge >= 0.3 is 0 Å². The number of nitrogens with zero attached hydrogens (tertiary/aromatic N) is 2. The monoisotopic (exact) mass is 405 g/mol. The van der Waals surface area contributed by atoms with Crippen LogP contribution in [0.25, 0.3) is 0 Å². The molecule has 1 fully saturated rings. The molecule has 0 unspecified atom stereocenters. The van der Waals surface area contributed by atoms with Gasteiger partial charge in [0.1, 0.15) is 5.82 Å². The molecule has 1 aromatic carbocycles. The number of hydrogen-bond acceptors (Lipinski definition) is 3. The van der Waals surface area contributed by atoms with Crippen LogP contribution in [0.5, 0.6) is 0 Å². The quantitative estimate of drug-likeness (QED) is 0.818. The maximum Gasteiger partial charge on any atom is 0.258 e. The van der Waals surface area contributed by atoms with E-state index in [2.05, 4.69) is 0 Å². The average molecular weight is 406 g/mol. The minimum Gasteiger partial charge on any atom is -0.339 e. The van der Waals surface area contributed by atoms with Crippen molar-refractivity contribution in [3.05, 3.63) is 34.6 Å². The third-order valence-electron chi connectivity index (χ3n) is 5.23. The van der Waals surface area contributed by atoms with Crippen LogP contribution in [0.2, 0.25) is 5.02 Å². The molecule has 2 amide bonds. The van der Waals surface area contributed by atoms with E-state index < -0.39 is 17.1 Å². The van der Waals surface area contributed by atoms with E-state index in [1.165, 1.54) is 23.1 Å². The summed E-state index contributed by atoms with van der Waals surface area (Å²) in [6, 6.07) is 4.18. The molecule has 146 valence electrons. The number of benzene rings is 1. The molecule has 5 nitrogen and oxygen atoms in total. The van der Waals surface area contributed by atoms with Gasteiger partial charge in [0.05, 0.1) is 16.0 Å². The number of piperazine rings is 1. The molecule has 2 N–H and O–H groups in total. The summed E-state index contributed by atoms with van der Waals surface area (Å²) in [5.74, 6) is -1.03. The van der Waals surface area contributed by atoms with E-state index in [-0.39, 0.29) is 28.9 Å². The molecule has 1 aromatic rings. The van der Waals surface area contributed by atoms with E-state index >= 15 is 0 Å². The Morgan fingerprint density at radius 1 is 1.15 bits per heavy atom. The topological polar surface area (TPSA) is 66.6 Å². The van der Waals surface area contributed by atoms with Crippen LogP contribution in [0.15, 0.2) is 18.2 Å². The summed E-state index contributed by atoms with van der Waals surface area (Å²) in [6.45, 7) is 5.77. The molecule has 0 bridgehead atoms. The van der Waals surface area contributed by atoms with Crippen molar-refractivity contribution in [2.24, 2.45) is 11.1 Å². The zero-order chi connectivity index (χ0) is 18.6. The van der Waals surface area contributed by atoms with Crippen LogP contribution in [-0.4, -0.2) is 54.3 Å². The fourth-order valence-corrected chi connectivity index (χ4v) is 3.48. The van der Waals surface area contributed by atoms with E-state index in [0.717, 1.165) is 0 Å². The van der Waals surface area contributed by atoms with Crippen molar-refractivity contribution < 1.29 is 14.0 Å². The van der Waals surface area contributed by atoms with Crippen LogP contribution in [0, 0.1) is 11.2 Å². The van der Waals surface area contributed by atoms with Gasteiger partial charge < -0.3 is 15.5 Å². The Hall–Kier alpha value is -1.37. The molecule has 0 aliphatic carbocycles. The van der Waals surface area contributed by atoms with E-state index in [0.29, 0.717) is 45.6 Å². The lowest BCUT2D eigenvalue weighted by atomic mass is 9.81. The minimum absolute atomic E-state index is 0. The van der Waals surface area contributed by atoms with Gasteiger partial charge in [-0.15, -0.1) is 12.4 Å². The molecule has 0 aromatic heterocycles. The normalized spacial score (nSPS) is 14.8. The van der Waals surface area contributed by atoms with Gasteiger partial charge in [-0.2, -0.15) is 0 Å². The summed E-state index contributed by atoms with van der Waals surface area (Å²) in [6.07, 6.45) is 1.37. The van der Waals surface area contributed by atoms with Gasteiger partial charge in [-0.1, -0.05) is 31.5 Å². The van der Waals surface area contributed by atoms with Crippen molar-refractivity contribution in [3.8, 4) is 0 Å².